The van der Waals surface area contributed by atoms with E-state index in [1.165, 1.54) is 4.90 Å². The van der Waals surface area contributed by atoms with Gasteiger partial charge in [-0.25, -0.2) is 0 Å². The van der Waals surface area contributed by atoms with Crippen molar-refractivity contribution in [3.8, 4) is 11.5 Å². The lowest BCUT2D eigenvalue weighted by Crippen LogP contribution is -2.33. The van der Waals surface area contributed by atoms with E-state index >= 15 is 0 Å². The minimum absolute atomic E-state index is 0.154. The molecule has 0 saturated carbocycles. The van der Waals surface area contributed by atoms with Gasteiger partial charge in [-0.3, -0.25) is 9.59 Å². The van der Waals surface area contributed by atoms with Gasteiger partial charge >= 0.3 is 5.97 Å². The second kappa shape index (κ2) is 7.72. The van der Waals surface area contributed by atoms with Gasteiger partial charge in [0.15, 0.2) is 0 Å². The van der Waals surface area contributed by atoms with Gasteiger partial charge in [0, 0.05) is 32.0 Å². The molecule has 128 valence electrons. The average molecular weight is 331 g/mol. The number of rotatable bonds is 7. The number of benzene rings is 1. The minimum atomic E-state index is -0.922. The summed E-state index contributed by atoms with van der Waals surface area (Å²) in [6, 6.07) is 7.72. The van der Waals surface area contributed by atoms with E-state index in [9.17, 15) is 9.59 Å². The lowest BCUT2D eigenvalue weighted by Gasteiger charge is -2.19. The van der Waals surface area contributed by atoms with Gasteiger partial charge in [0.1, 0.15) is 0 Å². The molecule has 0 spiro atoms. The van der Waals surface area contributed by atoms with Gasteiger partial charge < -0.3 is 14.4 Å². The highest BCUT2D eigenvalue weighted by atomic mass is 16.4. The summed E-state index contributed by atoms with van der Waals surface area (Å²) in [6.07, 6.45) is 0.516. The van der Waals surface area contributed by atoms with Crippen molar-refractivity contribution in [2.45, 2.75) is 26.7 Å². The quantitative estimate of drug-likeness (QED) is 0.835. The van der Waals surface area contributed by atoms with E-state index in [4.69, 9.17) is 9.52 Å². The topological polar surface area (TPSA) is 96.5 Å². The van der Waals surface area contributed by atoms with Gasteiger partial charge in [-0.15, -0.1) is 10.2 Å². The molecule has 1 N–H and O–H groups in total. The number of aryl methyl sites for hydroxylation is 2. The summed E-state index contributed by atoms with van der Waals surface area (Å²) in [5.74, 6) is -0.869. The maximum atomic E-state index is 12.0. The maximum absolute atomic E-state index is 12.0. The summed E-state index contributed by atoms with van der Waals surface area (Å²) in [6.45, 7) is 3.74. The molecule has 2 rings (SSSR count). The maximum Gasteiger partial charge on any atom is 0.308 e. The average Bonchev–Trinajstić information content (AvgIpc) is 3.02. The Hall–Kier alpha value is -2.70. The monoisotopic (exact) mass is 331 g/mol. The number of carboxylic acid groups (broad SMARTS) is 1. The van der Waals surface area contributed by atoms with E-state index < -0.39 is 11.9 Å². The molecule has 1 aromatic heterocycles. The Bertz CT molecular complexity index is 709. The molecule has 1 aromatic carbocycles. The molecule has 0 aliphatic rings. The first-order valence-electron chi connectivity index (χ1n) is 7.73. The summed E-state index contributed by atoms with van der Waals surface area (Å²) in [7, 11) is 1.59. The highest BCUT2D eigenvalue weighted by molar-refractivity contribution is 5.77. The molecule has 0 fully saturated rings. The van der Waals surface area contributed by atoms with Gasteiger partial charge in [-0.05, 0) is 19.1 Å². The third-order valence-corrected chi connectivity index (χ3v) is 3.71. The van der Waals surface area contributed by atoms with Crippen molar-refractivity contribution in [2.24, 2.45) is 5.92 Å². The zero-order valence-electron chi connectivity index (χ0n) is 14.0. The van der Waals surface area contributed by atoms with Crippen LogP contribution in [-0.2, 0) is 16.0 Å². The van der Waals surface area contributed by atoms with E-state index in [0.717, 1.165) is 11.1 Å². The van der Waals surface area contributed by atoms with E-state index in [2.05, 4.69) is 10.2 Å². The second-order valence-electron chi connectivity index (χ2n) is 5.88. The predicted octanol–water partition coefficient (Wildman–Crippen LogP) is 2.16. The van der Waals surface area contributed by atoms with Crippen LogP contribution in [0.5, 0.6) is 0 Å². The molecule has 24 heavy (non-hydrogen) atoms. The van der Waals surface area contributed by atoms with Crippen molar-refractivity contribution < 1.29 is 19.1 Å². The van der Waals surface area contributed by atoms with Crippen molar-refractivity contribution in [3.05, 3.63) is 35.7 Å². The Morgan fingerprint density at radius 1 is 1.25 bits per heavy atom. The molecule has 0 aliphatic carbocycles. The van der Waals surface area contributed by atoms with E-state index in [0.29, 0.717) is 18.2 Å². The lowest BCUT2D eigenvalue weighted by atomic mass is 10.1. The number of hydrogen-bond acceptors (Lipinski definition) is 5. The Kier molecular flexibility index (Phi) is 5.68. The summed E-state index contributed by atoms with van der Waals surface area (Å²) in [4.78, 5) is 24.3. The summed E-state index contributed by atoms with van der Waals surface area (Å²) < 4.78 is 5.57. The third-order valence-electron chi connectivity index (χ3n) is 3.71. The molecule has 1 atom stereocenters. The number of aromatic nitrogens is 2. The van der Waals surface area contributed by atoms with E-state index in [-0.39, 0.29) is 18.9 Å². The highest BCUT2D eigenvalue weighted by Crippen LogP contribution is 2.18. The van der Waals surface area contributed by atoms with E-state index in [1.807, 2.05) is 31.2 Å². The molecule has 0 radical (unpaired) electrons. The number of aliphatic carboxylic acids is 1. The van der Waals surface area contributed by atoms with Crippen molar-refractivity contribution in [2.75, 3.05) is 13.6 Å². The molecule has 0 aliphatic heterocycles. The van der Waals surface area contributed by atoms with Crippen LogP contribution in [0.15, 0.2) is 28.7 Å². The Morgan fingerprint density at radius 3 is 2.54 bits per heavy atom. The zero-order chi connectivity index (χ0) is 17.7. The summed E-state index contributed by atoms with van der Waals surface area (Å²) >= 11 is 0. The first-order chi connectivity index (χ1) is 11.4. The third kappa shape index (κ3) is 4.65. The van der Waals surface area contributed by atoms with Gasteiger partial charge in [0.2, 0.25) is 17.7 Å². The Morgan fingerprint density at radius 2 is 1.92 bits per heavy atom. The lowest BCUT2D eigenvalue weighted by molar-refractivity contribution is -0.142. The van der Waals surface area contributed by atoms with Crippen LogP contribution >= 0.6 is 0 Å². The number of carboxylic acids is 1. The second-order valence-corrected chi connectivity index (χ2v) is 5.88. The van der Waals surface area contributed by atoms with Crippen LogP contribution in [0.3, 0.4) is 0 Å². The van der Waals surface area contributed by atoms with Crippen LogP contribution in [0.1, 0.15) is 24.8 Å². The van der Waals surface area contributed by atoms with Crippen LogP contribution in [0.4, 0.5) is 0 Å². The smallest absolute Gasteiger partial charge is 0.308 e. The first-order valence-corrected chi connectivity index (χ1v) is 7.73. The fourth-order valence-electron chi connectivity index (χ4n) is 2.16. The molecule has 1 amide bonds. The number of carbonyl (C=O) groups is 2. The summed E-state index contributed by atoms with van der Waals surface area (Å²) in [5.41, 5.74) is 1.97. The van der Waals surface area contributed by atoms with Gasteiger partial charge in [0.25, 0.3) is 0 Å². The number of carbonyl (C=O) groups excluding carboxylic acids is 1. The number of amides is 1. The van der Waals surface area contributed by atoms with Gasteiger partial charge in [0.05, 0.1) is 5.92 Å². The summed E-state index contributed by atoms with van der Waals surface area (Å²) in [5, 5.41) is 16.8. The van der Waals surface area contributed by atoms with Crippen molar-refractivity contribution in [1.29, 1.82) is 0 Å². The molecule has 1 unspecified atom stereocenters. The van der Waals surface area contributed by atoms with Crippen LogP contribution in [0, 0.1) is 12.8 Å². The van der Waals surface area contributed by atoms with Crippen LogP contribution in [0.2, 0.25) is 0 Å². The predicted molar refractivity (Wildman–Crippen MR) is 87.2 cm³/mol. The largest absolute Gasteiger partial charge is 0.481 e. The molecule has 0 saturated heterocycles. The van der Waals surface area contributed by atoms with Crippen molar-refractivity contribution >= 4 is 11.9 Å². The van der Waals surface area contributed by atoms with Gasteiger partial charge in [-0.2, -0.15) is 0 Å². The molecule has 1 heterocycles. The van der Waals surface area contributed by atoms with Gasteiger partial charge in [-0.1, -0.05) is 24.6 Å². The SMILES string of the molecule is Cc1ccc(-c2nnc(CCC(=O)N(C)CC(C)C(=O)O)o2)cc1. The molecule has 2 aromatic rings. The van der Waals surface area contributed by atoms with Crippen LogP contribution in [0.25, 0.3) is 11.5 Å². The standard InChI is InChI=1S/C17H21N3O4/c1-11-4-6-13(7-5-11)16-19-18-14(24-16)8-9-15(21)20(3)10-12(2)17(22)23/h4-7,12H,8-10H2,1-3H3,(H,22,23). The van der Waals surface area contributed by atoms with Crippen LogP contribution < -0.4 is 0 Å². The Balaban J connectivity index is 1.89. The fourth-order valence-corrected chi connectivity index (χ4v) is 2.16. The fraction of sp³-hybridized carbons (Fsp3) is 0.412. The molecule has 7 nitrogen and oxygen atoms in total. The van der Waals surface area contributed by atoms with Crippen LogP contribution in [-0.4, -0.2) is 45.7 Å². The Labute approximate surface area is 140 Å². The van der Waals surface area contributed by atoms with Crippen molar-refractivity contribution in [3.63, 3.8) is 0 Å². The first kappa shape index (κ1) is 17.7. The minimum Gasteiger partial charge on any atom is -0.481 e. The highest BCUT2D eigenvalue weighted by Gasteiger charge is 2.18. The number of hydrogen-bond donors (Lipinski definition) is 1. The van der Waals surface area contributed by atoms with E-state index in [1.54, 1.807) is 14.0 Å². The number of nitrogens with zero attached hydrogens (tertiary/aromatic N) is 3. The van der Waals surface area contributed by atoms with Crippen molar-refractivity contribution in [1.82, 2.24) is 15.1 Å². The molecular weight excluding hydrogens is 310 g/mol. The molecular formula is C17H21N3O4. The molecule has 0 bridgehead atoms. The molecule has 7 heteroatoms. The normalized spacial score (nSPS) is 12.0. The zero-order valence-corrected chi connectivity index (χ0v) is 14.0.